The molecule has 0 rings (SSSR count). The molecule has 1 amide bonds. The monoisotopic (exact) mass is 1250 g/mol. The van der Waals surface area contributed by atoms with Gasteiger partial charge >= 0.3 is 5.97 Å². The topological polar surface area (TPSA) is 95.9 Å². The van der Waals surface area contributed by atoms with Crippen LogP contribution in [0.4, 0.5) is 0 Å². The molecule has 0 bridgehead atoms. The van der Waals surface area contributed by atoms with E-state index < -0.39 is 12.1 Å². The maximum atomic E-state index is 12.6. The summed E-state index contributed by atoms with van der Waals surface area (Å²) in [6, 6.07) is -0.626. The third-order valence-corrected chi connectivity index (χ3v) is 19.1. The lowest BCUT2D eigenvalue weighted by Crippen LogP contribution is -2.45. The number of hydrogen-bond acceptors (Lipinski definition) is 5. The van der Waals surface area contributed by atoms with E-state index in [9.17, 15) is 19.8 Å². The molecule has 6 heteroatoms. The number of nitrogens with one attached hydrogen (secondary N) is 1. The summed E-state index contributed by atoms with van der Waals surface area (Å²) in [4.78, 5) is 24.6. The van der Waals surface area contributed by atoms with Crippen molar-refractivity contribution in [3.05, 3.63) is 36.5 Å². The molecule has 0 radical (unpaired) electrons. The Bertz CT molecular complexity index is 1440. The molecular formula is C83H159NO5. The van der Waals surface area contributed by atoms with Crippen LogP contribution in [-0.2, 0) is 14.3 Å². The van der Waals surface area contributed by atoms with Gasteiger partial charge in [-0.25, -0.2) is 0 Å². The molecule has 0 saturated carbocycles. The van der Waals surface area contributed by atoms with E-state index in [2.05, 4.69) is 43.5 Å². The molecule has 6 nitrogen and oxygen atoms in total. The van der Waals surface area contributed by atoms with Crippen LogP contribution in [0, 0.1) is 0 Å². The number of aliphatic hydroxyl groups excluding tert-OH is 2. The number of aliphatic hydroxyl groups is 2. The highest BCUT2D eigenvalue weighted by molar-refractivity contribution is 5.76. The summed E-state index contributed by atoms with van der Waals surface area (Å²) in [7, 11) is 0. The van der Waals surface area contributed by atoms with Crippen molar-refractivity contribution in [1.82, 2.24) is 5.32 Å². The van der Waals surface area contributed by atoms with Gasteiger partial charge in [-0.2, -0.15) is 0 Å². The second-order valence-corrected chi connectivity index (χ2v) is 28.1. The van der Waals surface area contributed by atoms with Crippen molar-refractivity contribution in [3.63, 3.8) is 0 Å². The molecule has 0 saturated heterocycles. The average Bonchev–Trinajstić information content (AvgIpc) is 3.55. The van der Waals surface area contributed by atoms with Gasteiger partial charge in [-0.1, -0.05) is 397 Å². The van der Waals surface area contributed by atoms with Gasteiger partial charge in [0.25, 0.3) is 0 Å². The van der Waals surface area contributed by atoms with E-state index in [0.717, 1.165) is 44.9 Å². The minimum Gasteiger partial charge on any atom is -0.466 e. The van der Waals surface area contributed by atoms with Gasteiger partial charge in [-0.15, -0.1) is 0 Å². The molecule has 3 N–H and O–H groups in total. The fraction of sp³-hybridized carbons (Fsp3) is 0.904. The highest BCUT2D eigenvalue weighted by Gasteiger charge is 2.18. The van der Waals surface area contributed by atoms with Crippen molar-refractivity contribution >= 4 is 11.9 Å². The van der Waals surface area contributed by atoms with Gasteiger partial charge < -0.3 is 20.3 Å². The molecule has 0 aliphatic rings. The zero-order valence-electron chi connectivity index (χ0n) is 60.4. The zero-order chi connectivity index (χ0) is 64.2. The molecule has 2 atom stereocenters. The van der Waals surface area contributed by atoms with Crippen LogP contribution < -0.4 is 5.32 Å². The van der Waals surface area contributed by atoms with Gasteiger partial charge in [-0.3, -0.25) is 9.59 Å². The van der Waals surface area contributed by atoms with Gasteiger partial charge in [-0.05, 0) is 83.5 Å². The Morgan fingerprint density at radius 2 is 0.528 bits per heavy atom. The molecule has 0 aromatic heterocycles. The van der Waals surface area contributed by atoms with Crippen LogP contribution in [0.2, 0.25) is 0 Å². The first-order valence-corrected chi connectivity index (χ1v) is 40.8. The van der Waals surface area contributed by atoms with Crippen molar-refractivity contribution in [2.45, 2.75) is 469 Å². The van der Waals surface area contributed by atoms with E-state index in [1.54, 1.807) is 6.08 Å². The summed E-state index contributed by atoms with van der Waals surface area (Å²) in [5, 5.41) is 23.3. The molecule has 526 valence electrons. The normalized spacial score (nSPS) is 12.6. The lowest BCUT2D eigenvalue weighted by Gasteiger charge is -2.20. The first-order valence-electron chi connectivity index (χ1n) is 40.8. The fourth-order valence-electron chi connectivity index (χ4n) is 12.9. The molecule has 0 fully saturated rings. The SMILES string of the molecule is CCCCCC/C=C\CCCCCCCC(=O)OCCCCCCCCCCCCCCCCCC/C=C\CCCCCCCCCCCCCCCCCCCC(=O)NC(CO)C(O)/C=C/CCCCCCCCCCCCCCCCCCCCCC. The lowest BCUT2D eigenvalue weighted by molar-refractivity contribution is -0.143. The number of carbonyl (C=O) groups is 2. The molecule has 0 aromatic rings. The van der Waals surface area contributed by atoms with Crippen molar-refractivity contribution < 1.29 is 24.5 Å². The Labute approximate surface area is 557 Å². The highest BCUT2D eigenvalue weighted by Crippen LogP contribution is 2.20. The third-order valence-electron chi connectivity index (χ3n) is 19.1. The first-order chi connectivity index (χ1) is 44.0. The van der Waals surface area contributed by atoms with Crippen LogP contribution in [0.15, 0.2) is 36.5 Å². The summed E-state index contributed by atoms with van der Waals surface area (Å²) in [6.07, 6.45) is 103. The molecule has 0 aliphatic heterocycles. The molecule has 0 heterocycles. The van der Waals surface area contributed by atoms with E-state index in [0.29, 0.717) is 19.4 Å². The van der Waals surface area contributed by atoms with Gasteiger partial charge in [0.1, 0.15) is 0 Å². The Morgan fingerprint density at radius 1 is 0.303 bits per heavy atom. The van der Waals surface area contributed by atoms with Crippen LogP contribution in [0.1, 0.15) is 457 Å². The van der Waals surface area contributed by atoms with Crippen molar-refractivity contribution in [3.8, 4) is 0 Å². The van der Waals surface area contributed by atoms with Crippen LogP contribution >= 0.6 is 0 Å². The number of amides is 1. The largest absolute Gasteiger partial charge is 0.466 e. The van der Waals surface area contributed by atoms with Crippen LogP contribution in [0.5, 0.6) is 0 Å². The van der Waals surface area contributed by atoms with Gasteiger partial charge in [0.15, 0.2) is 0 Å². The second-order valence-electron chi connectivity index (χ2n) is 28.1. The molecule has 0 aromatic carbocycles. The number of ether oxygens (including phenoxy) is 1. The summed E-state index contributed by atoms with van der Waals surface area (Å²) in [5.41, 5.74) is 0. The quantitative estimate of drug-likeness (QED) is 0.0320. The number of esters is 1. The Balaban J connectivity index is 3.36. The summed E-state index contributed by atoms with van der Waals surface area (Å²) >= 11 is 0. The summed E-state index contributed by atoms with van der Waals surface area (Å²) in [5.74, 6) is -0.0466. The van der Waals surface area contributed by atoms with E-state index >= 15 is 0 Å². The lowest BCUT2D eigenvalue weighted by atomic mass is 10.0. The third kappa shape index (κ3) is 75.0. The summed E-state index contributed by atoms with van der Waals surface area (Å²) in [6.45, 7) is 4.94. The number of carbonyl (C=O) groups excluding carboxylic acids is 2. The van der Waals surface area contributed by atoms with Crippen molar-refractivity contribution in [2.24, 2.45) is 0 Å². The Morgan fingerprint density at radius 3 is 0.809 bits per heavy atom. The smallest absolute Gasteiger partial charge is 0.305 e. The molecule has 0 spiro atoms. The molecular weight excluding hydrogens is 1090 g/mol. The fourth-order valence-corrected chi connectivity index (χ4v) is 12.9. The van der Waals surface area contributed by atoms with Crippen molar-refractivity contribution in [1.29, 1.82) is 0 Å². The zero-order valence-corrected chi connectivity index (χ0v) is 60.4. The van der Waals surface area contributed by atoms with E-state index in [-0.39, 0.29) is 18.5 Å². The standard InChI is InChI=1S/C83H159NO5/c1-3-5-7-9-11-13-15-17-18-19-20-21-39-42-45-48-52-55-59-63-67-71-75-81(86)80(79-85)84-82(87)76-72-68-64-60-56-53-49-46-43-40-37-35-33-31-29-27-25-23-22-24-26-28-30-32-34-36-38-41-44-47-50-54-58-62-66-70-74-78-89-83(88)77-73-69-65-61-57-51-16-14-12-10-8-6-4-2/h14,16,22,24,71,75,80-81,85-86H,3-13,15,17-21,23,25-70,72-74,76-79H2,1-2H3,(H,84,87)/b16-14-,24-22-,75-71+. The van der Waals surface area contributed by atoms with Gasteiger partial charge in [0.05, 0.1) is 25.4 Å². The van der Waals surface area contributed by atoms with Gasteiger partial charge in [0, 0.05) is 12.8 Å². The van der Waals surface area contributed by atoms with E-state index in [1.807, 2.05) is 6.08 Å². The van der Waals surface area contributed by atoms with E-state index in [4.69, 9.17) is 4.74 Å². The summed E-state index contributed by atoms with van der Waals surface area (Å²) < 4.78 is 5.49. The molecule has 89 heavy (non-hydrogen) atoms. The number of hydrogen-bond donors (Lipinski definition) is 3. The first kappa shape index (κ1) is 87.1. The Kier molecular flexibility index (Phi) is 76.8. The minimum atomic E-state index is -0.843. The maximum Gasteiger partial charge on any atom is 0.305 e. The highest BCUT2D eigenvalue weighted by atomic mass is 16.5. The Hall–Kier alpha value is -1.92. The van der Waals surface area contributed by atoms with Crippen LogP contribution in [0.3, 0.4) is 0 Å². The molecule has 0 aliphatic carbocycles. The second kappa shape index (κ2) is 78.5. The maximum absolute atomic E-state index is 12.6. The van der Waals surface area contributed by atoms with Crippen LogP contribution in [-0.4, -0.2) is 47.4 Å². The van der Waals surface area contributed by atoms with Gasteiger partial charge in [0.2, 0.25) is 5.91 Å². The van der Waals surface area contributed by atoms with E-state index in [1.165, 1.54) is 385 Å². The molecule has 2 unspecified atom stereocenters. The average molecular weight is 1250 g/mol. The minimum absolute atomic E-state index is 0.0126. The predicted octanol–water partition coefficient (Wildman–Crippen LogP) is 27.0. The van der Waals surface area contributed by atoms with Crippen LogP contribution in [0.25, 0.3) is 0 Å². The predicted molar refractivity (Wildman–Crippen MR) is 393 cm³/mol. The van der Waals surface area contributed by atoms with Crippen molar-refractivity contribution in [2.75, 3.05) is 13.2 Å². The number of rotatable bonds is 77. The number of unbranched alkanes of at least 4 members (excludes halogenated alkanes) is 62. The number of allylic oxidation sites excluding steroid dienone is 5.